The molecule has 0 aliphatic carbocycles. The van der Waals surface area contributed by atoms with Crippen LogP contribution in [-0.2, 0) is 4.74 Å². The van der Waals surface area contributed by atoms with Crippen LogP contribution in [0.4, 0.5) is 23.1 Å². The SMILES string of the molecule is COC(=O)c1ccc(Cl)c(Nc2cc(C)nc(Nc3ccc(C)cc3C)n2)c1. The van der Waals surface area contributed by atoms with Gasteiger partial charge in [-0.15, -0.1) is 0 Å². The first-order valence-corrected chi connectivity index (χ1v) is 9.08. The molecule has 28 heavy (non-hydrogen) atoms. The number of aromatic nitrogens is 2. The molecule has 2 N–H and O–H groups in total. The van der Waals surface area contributed by atoms with E-state index >= 15 is 0 Å². The number of aryl methyl sites for hydroxylation is 3. The van der Waals surface area contributed by atoms with E-state index in [9.17, 15) is 4.79 Å². The molecular formula is C21H21ClN4O2. The minimum Gasteiger partial charge on any atom is -0.465 e. The Morgan fingerprint density at radius 2 is 1.75 bits per heavy atom. The molecular weight excluding hydrogens is 376 g/mol. The lowest BCUT2D eigenvalue weighted by Gasteiger charge is -2.13. The summed E-state index contributed by atoms with van der Waals surface area (Å²) < 4.78 is 4.76. The maximum atomic E-state index is 11.8. The summed E-state index contributed by atoms with van der Waals surface area (Å²) in [6, 6.07) is 12.8. The number of nitrogens with zero attached hydrogens (tertiary/aromatic N) is 2. The van der Waals surface area contributed by atoms with Gasteiger partial charge in [-0.3, -0.25) is 0 Å². The highest BCUT2D eigenvalue weighted by molar-refractivity contribution is 6.33. The Kier molecular flexibility index (Phi) is 5.80. The second-order valence-corrected chi connectivity index (χ2v) is 6.88. The van der Waals surface area contributed by atoms with Crippen molar-refractivity contribution in [2.75, 3.05) is 17.7 Å². The molecule has 0 aliphatic rings. The van der Waals surface area contributed by atoms with Crippen molar-refractivity contribution in [1.82, 2.24) is 9.97 Å². The van der Waals surface area contributed by atoms with Crippen LogP contribution >= 0.6 is 11.6 Å². The lowest BCUT2D eigenvalue weighted by Crippen LogP contribution is -2.05. The molecule has 0 amide bonds. The number of hydrogen-bond acceptors (Lipinski definition) is 6. The van der Waals surface area contributed by atoms with E-state index in [1.54, 1.807) is 24.3 Å². The van der Waals surface area contributed by atoms with Crippen LogP contribution in [0.2, 0.25) is 5.02 Å². The summed E-state index contributed by atoms with van der Waals surface area (Å²) in [4.78, 5) is 20.7. The van der Waals surface area contributed by atoms with Crippen molar-refractivity contribution >= 4 is 40.7 Å². The predicted molar refractivity (Wildman–Crippen MR) is 112 cm³/mol. The molecule has 0 radical (unpaired) electrons. The minimum atomic E-state index is -0.434. The van der Waals surface area contributed by atoms with Gasteiger partial charge in [-0.2, -0.15) is 4.98 Å². The van der Waals surface area contributed by atoms with E-state index in [4.69, 9.17) is 16.3 Å². The first kappa shape index (κ1) is 19.6. The fourth-order valence-electron chi connectivity index (χ4n) is 2.77. The van der Waals surface area contributed by atoms with Crippen molar-refractivity contribution < 1.29 is 9.53 Å². The molecule has 1 heterocycles. The number of carbonyl (C=O) groups excluding carboxylic acids is 1. The van der Waals surface area contributed by atoms with E-state index in [0.717, 1.165) is 16.9 Å². The van der Waals surface area contributed by atoms with E-state index in [1.165, 1.54) is 12.7 Å². The molecule has 3 aromatic rings. The zero-order valence-corrected chi connectivity index (χ0v) is 16.9. The monoisotopic (exact) mass is 396 g/mol. The van der Waals surface area contributed by atoms with Crippen LogP contribution in [0.5, 0.6) is 0 Å². The van der Waals surface area contributed by atoms with Crippen LogP contribution in [0.1, 0.15) is 27.2 Å². The molecule has 0 bridgehead atoms. The van der Waals surface area contributed by atoms with Crippen molar-refractivity contribution in [3.05, 3.63) is 69.9 Å². The average molecular weight is 397 g/mol. The van der Waals surface area contributed by atoms with E-state index in [1.807, 2.05) is 32.9 Å². The lowest BCUT2D eigenvalue weighted by molar-refractivity contribution is 0.0601. The van der Waals surface area contributed by atoms with Gasteiger partial charge in [-0.25, -0.2) is 9.78 Å². The number of ether oxygens (including phenoxy) is 1. The Morgan fingerprint density at radius 3 is 2.46 bits per heavy atom. The van der Waals surface area contributed by atoms with Gasteiger partial charge in [-0.05, 0) is 50.6 Å². The highest BCUT2D eigenvalue weighted by atomic mass is 35.5. The van der Waals surface area contributed by atoms with Crippen molar-refractivity contribution in [2.45, 2.75) is 20.8 Å². The summed E-state index contributed by atoms with van der Waals surface area (Å²) >= 11 is 6.27. The fraction of sp³-hybridized carbons (Fsp3) is 0.190. The van der Waals surface area contributed by atoms with Crippen LogP contribution < -0.4 is 10.6 Å². The molecule has 3 rings (SSSR count). The zero-order valence-electron chi connectivity index (χ0n) is 16.1. The first-order valence-electron chi connectivity index (χ1n) is 8.70. The second kappa shape index (κ2) is 8.27. The van der Waals surface area contributed by atoms with Gasteiger partial charge in [0.05, 0.1) is 23.4 Å². The fourth-order valence-corrected chi connectivity index (χ4v) is 2.93. The molecule has 7 heteroatoms. The summed E-state index contributed by atoms with van der Waals surface area (Å²) in [6.45, 7) is 5.96. The maximum Gasteiger partial charge on any atom is 0.337 e. The Hall–Kier alpha value is -3.12. The average Bonchev–Trinajstić information content (AvgIpc) is 2.65. The Labute approximate surface area is 168 Å². The molecule has 0 spiro atoms. The first-order chi connectivity index (χ1) is 13.4. The topological polar surface area (TPSA) is 76.1 Å². The number of carbonyl (C=O) groups is 1. The quantitative estimate of drug-likeness (QED) is 0.568. The molecule has 1 aromatic heterocycles. The van der Waals surface area contributed by atoms with Crippen molar-refractivity contribution in [3.8, 4) is 0 Å². The maximum absolute atomic E-state index is 11.8. The third kappa shape index (κ3) is 4.58. The number of benzene rings is 2. The van der Waals surface area contributed by atoms with Crippen LogP contribution in [0.25, 0.3) is 0 Å². The summed E-state index contributed by atoms with van der Waals surface area (Å²) in [7, 11) is 1.34. The molecule has 0 saturated heterocycles. The van der Waals surface area contributed by atoms with Gasteiger partial charge in [0.1, 0.15) is 5.82 Å². The molecule has 0 atom stereocenters. The van der Waals surface area contributed by atoms with Gasteiger partial charge in [0.2, 0.25) is 5.95 Å². The Balaban J connectivity index is 1.89. The van der Waals surface area contributed by atoms with Gasteiger partial charge in [0.15, 0.2) is 0 Å². The van der Waals surface area contributed by atoms with E-state index in [0.29, 0.717) is 28.0 Å². The molecule has 0 unspecified atom stereocenters. The van der Waals surface area contributed by atoms with Gasteiger partial charge < -0.3 is 15.4 Å². The summed E-state index contributed by atoms with van der Waals surface area (Å²) in [5.74, 6) is 0.592. The standard InChI is InChI=1S/C21H21ClN4O2/c1-12-5-8-17(13(2)9-12)25-21-23-14(3)10-19(26-21)24-18-11-15(20(27)28-4)6-7-16(18)22/h5-11H,1-4H3,(H2,23,24,25,26). The van der Waals surface area contributed by atoms with Crippen molar-refractivity contribution in [2.24, 2.45) is 0 Å². The predicted octanol–water partition coefficient (Wildman–Crippen LogP) is 5.33. The summed E-state index contributed by atoms with van der Waals surface area (Å²) in [5.41, 5.74) is 4.97. The Morgan fingerprint density at radius 1 is 0.964 bits per heavy atom. The van der Waals surface area contributed by atoms with E-state index in [-0.39, 0.29) is 0 Å². The van der Waals surface area contributed by atoms with Gasteiger partial charge >= 0.3 is 5.97 Å². The zero-order chi connectivity index (χ0) is 20.3. The van der Waals surface area contributed by atoms with E-state index < -0.39 is 5.97 Å². The smallest absolute Gasteiger partial charge is 0.337 e. The van der Waals surface area contributed by atoms with Gasteiger partial charge in [-0.1, -0.05) is 29.3 Å². The van der Waals surface area contributed by atoms with Gasteiger partial charge in [0, 0.05) is 17.4 Å². The second-order valence-electron chi connectivity index (χ2n) is 6.47. The van der Waals surface area contributed by atoms with Crippen molar-refractivity contribution in [1.29, 1.82) is 0 Å². The largest absolute Gasteiger partial charge is 0.465 e. The number of hydrogen-bond donors (Lipinski definition) is 2. The molecule has 0 fully saturated rings. The minimum absolute atomic E-state index is 0.397. The lowest BCUT2D eigenvalue weighted by atomic mass is 10.1. The van der Waals surface area contributed by atoms with E-state index in [2.05, 4.69) is 26.7 Å². The number of anilines is 4. The Bertz CT molecular complexity index is 1040. The molecule has 0 saturated carbocycles. The van der Waals surface area contributed by atoms with Crippen LogP contribution in [0.15, 0.2) is 42.5 Å². The number of rotatable bonds is 5. The number of esters is 1. The highest BCUT2D eigenvalue weighted by Gasteiger charge is 2.11. The molecule has 2 aromatic carbocycles. The number of nitrogens with one attached hydrogen (secondary N) is 2. The number of halogens is 1. The number of methoxy groups -OCH3 is 1. The molecule has 0 aliphatic heterocycles. The highest BCUT2D eigenvalue weighted by Crippen LogP contribution is 2.27. The normalized spacial score (nSPS) is 10.5. The summed E-state index contributed by atoms with van der Waals surface area (Å²) in [6.07, 6.45) is 0. The molecule has 6 nitrogen and oxygen atoms in total. The van der Waals surface area contributed by atoms with Crippen molar-refractivity contribution in [3.63, 3.8) is 0 Å². The van der Waals surface area contributed by atoms with Crippen LogP contribution in [0.3, 0.4) is 0 Å². The molecule has 144 valence electrons. The third-order valence-electron chi connectivity index (χ3n) is 4.13. The summed E-state index contributed by atoms with van der Waals surface area (Å²) in [5, 5.41) is 6.87. The van der Waals surface area contributed by atoms with Gasteiger partial charge in [0.25, 0.3) is 0 Å². The van der Waals surface area contributed by atoms with Crippen LogP contribution in [0, 0.1) is 20.8 Å². The van der Waals surface area contributed by atoms with Crippen LogP contribution in [-0.4, -0.2) is 23.0 Å². The third-order valence-corrected chi connectivity index (χ3v) is 4.46.